The third-order valence-electron chi connectivity index (χ3n) is 4.30. The van der Waals surface area contributed by atoms with Crippen molar-refractivity contribution in [2.75, 3.05) is 11.1 Å². The van der Waals surface area contributed by atoms with E-state index in [1.165, 1.54) is 4.68 Å². The number of aromatic nitrogens is 4. The van der Waals surface area contributed by atoms with Gasteiger partial charge in [-0.15, -0.1) is 5.10 Å². The maximum Gasteiger partial charge on any atom is 0.280 e. The number of amides is 1. The quantitative estimate of drug-likeness (QED) is 0.519. The fourth-order valence-corrected chi connectivity index (χ4v) is 2.87. The van der Waals surface area contributed by atoms with E-state index in [4.69, 9.17) is 21.8 Å². The molecule has 0 spiro atoms. The second-order valence-corrected chi connectivity index (χ2v) is 6.77. The minimum absolute atomic E-state index is 0.0318. The Morgan fingerprint density at radius 3 is 2.62 bits per heavy atom. The molecule has 0 atom stereocenters. The van der Waals surface area contributed by atoms with Gasteiger partial charge in [0.1, 0.15) is 11.5 Å². The van der Waals surface area contributed by atoms with Gasteiger partial charge in [-0.3, -0.25) is 4.79 Å². The number of carbonyl (C=O) groups excluding carboxylic acids is 1. The van der Waals surface area contributed by atoms with Gasteiger partial charge in [0.15, 0.2) is 11.5 Å². The Labute approximate surface area is 171 Å². The van der Waals surface area contributed by atoms with Crippen LogP contribution >= 0.6 is 11.6 Å². The van der Waals surface area contributed by atoms with Crippen LogP contribution < -0.4 is 11.1 Å². The van der Waals surface area contributed by atoms with E-state index in [9.17, 15) is 4.79 Å². The van der Waals surface area contributed by atoms with E-state index in [-0.39, 0.29) is 18.1 Å². The van der Waals surface area contributed by atoms with Crippen LogP contribution in [0.15, 0.2) is 59.0 Å². The number of halogens is 1. The largest absolute Gasteiger partial charge is 0.441 e. The summed E-state index contributed by atoms with van der Waals surface area (Å²) in [5, 5.41) is 11.2. The molecule has 2 aromatic heterocycles. The predicted octanol–water partition coefficient (Wildman–Crippen LogP) is 3.78. The van der Waals surface area contributed by atoms with Crippen LogP contribution in [0.4, 0.5) is 11.5 Å². The van der Waals surface area contributed by atoms with Crippen LogP contribution in [0, 0.1) is 6.92 Å². The molecule has 3 N–H and O–H groups in total. The predicted molar refractivity (Wildman–Crippen MR) is 110 cm³/mol. The summed E-state index contributed by atoms with van der Waals surface area (Å²) in [5.74, 6) is 0.835. The van der Waals surface area contributed by atoms with Gasteiger partial charge in [0, 0.05) is 16.3 Å². The lowest BCUT2D eigenvalue weighted by molar-refractivity contribution is 0.102. The number of aryl methyl sites for hydroxylation is 1. The lowest BCUT2D eigenvalue weighted by atomic mass is 10.2. The molecule has 0 aliphatic rings. The smallest absolute Gasteiger partial charge is 0.280 e. The van der Waals surface area contributed by atoms with Crippen molar-refractivity contribution in [3.05, 3.63) is 76.8 Å². The lowest BCUT2D eigenvalue weighted by Gasteiger charge is -2.04. The molecule has 0 saturated heterocycles. The Kier molecular flexibility index (Phi) is 5.01. The fraction of sp³-hybridized carbons (Fsp3) is 0.100. The zero-order valence-corrected chi connectivity index (χ0v) is 16.2. The third kappa shape index (κ3) is 3.97. The molecule has 0 aliphatic carbocycles. The molecular formula is C20H17ClN6O2. The molecule has 0 aliphatic heterocycles. The van der Waals surface area contributed by atoms with E-state index in [2.05, 4.69) is 20.6 Å². The van der Waals surface area contributed by atoms with Gasteiger partial charge in [-0.05, 0) is 43.3 Å². The Morgan fingerprint density at radius 2 is 1.90 bits per heavy atom. The first-order chi connectivity index (χ1) is 14.0. The Balaban J connectivity index is 1.52. The molecular weight excluding hydrogens is 392 g/mol. The summed E-state index contributed by atoms with van der Waals surface area (Å²) >= 11 is 5.85. The van der Waals surface area contributed by atoms with Crippen molar-refractivity contribution in [3.63, 3.8) is 0 Å². The highest BCUT2D eigenvalue weighted by Gasteiger charge is 2.20. The van der Waals surface area contributed by atoms with Crippen molar-refractivity contribution in [1.82, 2.24) is 20.0 Å². The number of rotatable bonds is 5. The zero-order chi connectivity index (χ0) is 20.4. The molecule has 0 saturated carbocycles. The first kappa shape index (κ1) is 18.7. The number of carbonyl (C=O) groups is 1. The van der Waals surface area contributed by atoms with Crippen molar-refractivity contribution in [1.29, 1.82) is 0 Å². The summed E-state index contributed by atoms with van der Waals surface area (Å²) in [6, 6.07) is 16.3. The average Bonchev–Trinajstić information content (AvgIpc) is 3.28. The topological polar surface area (TPSA) is 112 Å². The van der Waals surface area contributed by atoms with Crippen LogP contribution in [0.3, 0.4) is 0 Å². The van der Waals surface area contributed by atoms with Gasteiger partial charge in [0.2, 0.25) is 5.89 Å². The van der Waals surface area contributed by atoms with E-state index >= 15 is 0 Å². The summed E-state index contributed by atoms with van der Waals surface area (Å²) in [5.41, 5.74) is 8.23. The van der Waals surface area contributed by atoms with Crippen LogP contribution in [-0.4, -0.2) is 25.9 Å². The van der Waals surface area contributed by atoms with Crippen molar-refractivity contribution in [2.24, 2.45) is 0 Å². The number of nitrogen functional groups attached to an aromatic ring is 1. The normalized spacial score (nSPS) is 10.8. The third-order valence-corrected chi connectivity index (χ3v) is 4.56. The van der Waals surface area contributed by atoms with Crippen LogP contribution in [0.2, 0.25) is 5.02 Å². The highest BCUT2D eigenvalue weighted by molar-refractivity contribution is 6.30. The van der Waals surface area contributed by atoms with Crippen LogP contribution in [0.5, 0.6) is 0 Å². The highest BCUT2D eigenvalue weighted by atomic mass is 35.5. The fourth-order valence-electron chi connectivity index (χ4n) is 2.74. The molecule has 29 heavy (non-hydrogen) atoms. The van der Waals surface area contributed by atoms with Crippen molar-refractivity contribution >= 4 is 29.0 Å². The highest BCUT2D eigenvalue weighted by Crippen LogP contribution is 2.23. The molecule has 9 heteroatoms. The number of benzene rings is 2. The maximum absolute atomic E-state index is 12.5. The van der Waals surface area contributed by atoms with Gasteiger partial charge in [0.05, 0.1) is 6.54 Å². The number of nitrogens with zero attached hydrogens (tertiary/aromatic N) is 4. The van der Waals surface area contributed by atoms with E-state index in [0.29, 0.717) is 28.1 Å². The van der Waals surface area contributed by atoms with Crippen LogP contribution in [-0.2, 0) is 6.54 Å². The first-order valence-corrected chi connectivity index (χ1v) is 9.16. The maximum atomic E-state index is 12.5. The van der Waals surface area contributed by atoms with Crippen LogP contribution in [0.1, 0.15) is 21.9 Å². The van der Waals surface area contributed by atoms with Gasteiger partial charge in [0.25, 0.3) is 5.91 Å². The second-order valence-electron chi connectivity index (χ2n) is 6.33. The number of anilines is 2. The molecule has 2 aromatic carbocycles. The number of nitrogens with two attached hydrogens (primary N) is 1. The van der Waals surface area contributed by atoms with Crippen molar-refractivity contribution in [2.45, 2.75) is 13.5 Å². The zero-order valence-electron chi connectivity index (χ0n) is 15.5. The number of oxazole rings is 1. The molecule has 2 heterocycles. The van der Waals surface area contributed by atoms with Crippen molar-refractivity contribution in [3.8, 4) is 11.5 Å². The summed E-state index contributed by atoms with van der Waals surface area (Å²) in [7, 11) is 0. The Morgan fingerprint density at radius 1 is 1.17 bits per heavy atom. The summed E-state index contributed by atoms with van der Waals surface area (Å²) in [6.45, 7) is 2.05. The molecule has 8 nitrogen and oxygen atoms in total. The van der Waals surface area contributed by atoms with Gasteiger partial charge >= 0.3 is 0 Å². The molecule has 4 aromatic rings. The van der Waals surface area contributed by atoms with E-state index in [1.807, 2.05) is 37.3 Å². The SMILES string of the molecule is Cc1oc(-c2ccccc2)nc1Cn1nnc(C(=O)Nc2ccc(Cl)cc2)c1N. The average molecular weight is 409 g/mol. The summed E-state index contributed by atoms with van der Waals surface area (Å²) in [4.78, 5) is 17.0. The van der Waals surface area contributed by atoms with E-state index in [0.717, 1.165) is 5.56 Å². The van der Waals surface area contributed by atoms with Crippen LogP contribution in [0.25, 0.3) is 11.5 Å². The molecule has 146 valence electrons. The number of hydrogen-bond donors (Lipinski definition) is 2. The first-order valence-electron chi connectivity index (χ1n) is 8.79. The lowest BCUT2D eigenvalue weighted by Crippen LogP contribution is -2.15. The van der Waals surface area contributed by atoms with Crippen molar-refractivity contribution < 1.29 is 9.21 Å². The second kappa shape index (κ2) is 7.76. The minimum Gasteiger partial charge on any atom is -0.441 e. The Bertz CT molecular complexity index is 1150. The van der Waals surface area contributed by atoms with Gasteiger partial charge in [-0.25, -0.2) is 9.67 Å². The van der Waals surface area contributed by atoms with Gasteiger partial charge in [-0.1, -0.05) is 35.0 Å². The molecule has 0 bridgehead atoms. The monoisotopic (exact) mass is 408 g/mol. The minimum atomic E-state index is -0.460. The summed E-state index contributed by atoms with van der Waals surface area (Å²) < 4.78 is 7.17. The molecule has 1 amide bonds. The molecule has 4 rings (SSSR count). The number of nitrogens with one attached hydrogen (secondary N) is 1. The van der Waals surface area contributed by atoms with E-state index in [1.54, 1.807) is 24.3 Å². The van der Waals surface area contributed by atoms with E-state index < -0.39 is 5.91 Å². The standard InChI is InChI=1S/C20H17ClN6O2/c1-12-16(24-20(29-12)13-5-3-2-4-6-13)11-27-18(22)17(25-26-27)19(28)23-15-9-7-14(21)8-10-15/h2-10H,11,22H2,1H3,(H,23,28). The number of hydrogen-bond acceptors (Lipinski definition) is 6. The molecule has 0 radical (unpaired) electrons. The Hall–Kier alpha value is -3.65. The molecule has 0 fully saturated rings. The molecule has 0 unspecified atom stereocenters. The summed E-state index contributed by atoms with van der Waals surface area (Å²) in [6.07, 6.45) is 0. The van der Waals surface area contributed by atoms with Gasteiger partial charge < -0.3 is 15.5 Å². The van der Waals surface area contributed by atoms with Gasteiger partial charge in [-0.2, -0.15) is 0 Å².